The van der Waals surface area contributed by atoms with Gasteiger partial charge in [0, 0.05) is 13.5 Å². The first-order valence-electron chi connectivity index (χ1n) is 8.39. The van der Waals surface area contributed by atoms with Crippen molar-refractivity contribution in [2.75, 3.05) is 7.05 Å². The van der Waals surface area contributed by atoms with Crippen LogP contribution < -0.4 is 0 Å². The number of amides is 1. The molecule has 0 bridgehead atoms. The molecule has 5 nitrogen and oxygen atoms in total. The normalized spacial score (nSPS) is 11.9. The molecule has 0 saturated heterocycles. The Kier molecular flexibility index (Phi) is 5.23. The lowest BCUT2D eigenvalue weighted by Gasteiger charge is -2.25. The summed E-state index contributed by atoms with van der Waals surface area (Å²) in [7, 11) is 1.86. The van der Waals surface area contributed by atoms with Crippen molar-refractivity contribution in [3.63, 3.8) is 0 Å². The van der Waals surface area contributed by atoms with E-state index < -0.39 is 0 Å². The van der Waals surface area contributed by atoms with Gasteiger partial charge in [-0.3, -0.25) is 4.79 Å². The summed E-state index contributed by atoms with van der Waals surface area (Å²) in [4.78, 5) is 18.3. The number of hydrogen-bond acceptors (Lipinski definition) is 3. The number of benzene rings is 2. The maximum atomic E-state index is 12.5. The van der Waals surface area contributed by atoms with E-state index in [0.717, 1.165) is 17.7 Å². The van der Waals surface area contributed by atoms with Crippen LogP contribution in [0, 0.1) is 0 Å². The van der Waals surface area contributed by atoms with Crippen LogP contribution in [0.1, 0.15) is 30.5 Å². The third-order valence-electron chi connectivity index (χ3n) is 4.50. The SMILES string of the molecule is CC(c1ccc(-n2cncn2)cc1)N(C)C(=O)CCc1ccccc1. The molecule has 0 N–H and O–H groups in total. The fourth-order valence-electron chi connectivity index (χ4n) is 2.76. The Morgan fingerprint density at radius 3 is 2.48 bits per heavy atom. The molecule has 128 valence electrons. The second-order valence-corrected chi connectivity index (χ2v) is 6.10. The Bertz CT molecular complexity index is 797. The van der Waals surface area contributed by atoms with Gasteiger partial charge in [-0.1, -0.05) is 42.5 Å². The van der Waals surface area contributed by atoms with Crippen molar-refractivity contribution in [3.8, 4) is 5.69 Å². The lowest BCUT2D eigenvalue weighted by Crippen LogP contribution is -2.29. The molecule has 25 heavy (non-hydrogen) atoms. The largest absolute Gasteiger partial charge is 0.339 e. The van der Waals surface area contributed by atoms with Gasteiger partial charge in [0.05, 0.1) is 11.7 Å². The van der Waals surface area contributed by atoms with Crippen LogP contribution in [0.2, 0.25) is 0 Å². The molecule has 1 atom stereocenters. The minimum Gasteiger partial charge on any atom is -0.339 e. The number of nitrogens with zero attached hydrogens (tertiary/aromatic N) is 4. The van der Waals surface area contributed by atoms with Crippen LogP contribution in [-0.4, -0.2) is 32.6 Å². The molecule has 0 fully saturated rings. The van der Waals surface area contributed by atoms with Gasteiger partial charge in [-0.05, 0) is 36.6 Å². The molecule has 1 aromatic heterocycles. The highest BCUT2D eigenvalue weighted by Crippen LogP contribution is 2.21. The van der Waals surface area contributed by atoms with E-state index in [1.807, 2.05) is 61.3 Å². The minimum atomic E-state index is 0.0214. The van der Waals surface area contributed by atoms with Crippen molar-refractivity contribution < 1.29 is 4.79 Å². The van der Waals surface area contributed by atoms with Crippen LogP contribution in [0.5, 0.6) is 0 Å². The van der Waals surface area contributed by atoms with Crippen molar-refractivity contribution in [1.82, 2.24) is 19.7 Å². The van der Waals surface area contributed by atoms with Crippen LogP contribution in [0.4, 0.5) is 0 Å². The Hall–Kier alpha value is -2.95. The van der Waals surface area contributed by atoms with Crippen molar-refractivity contribution in [2.24, 2.45) is 0 Å². The smallest absolute Gasteiger partial charge is 0.223 e. The summed E-state index contributed by atoms with van der Waals surface area (Å²) in [5.41, 5.74) is 3.24. The third-order valence-corrected chi connectivity index (χ3v) is 4.50. The van der Waals surface area contributed by atoms with Crippen molar-refractivity contribution >= 4 is 5.91 Å². The number of aromatic nitrogens is 3. The van der Waals surface area contributed by atoms with Gasteiger partial charge in [0.15, 0.2) is 0 Å². The first-order valence-corrected chi connectivity index (χ1v) is 8.39. The zero-order chi connectivity index (χ0) is 17.6. The lowest BCUT2D eigenvalue weighted by molar-refractivity contribution is -0.131. The Labute approximate surface area is 147 Å². The van der Waals surface area contributed by atoms with Crippen molar-refractivity contribution in [3.05, 3.63) is 78.4 Å². The van der Waals surface area contributed by atoms with E-state index in [1.165, 1.54) is 11.9 Å². The molecule has 0 spiro atoms. The minimum absolute atomic E-state index is 0.0214. The Balaban J connectivity index is 1.61. The van der Waals surface area contributed by atoms with E-state index in [2.05, 4.69) is 22.2 Å². The van der Waals surface area contributed by atoms with Crippen LogP contribution in [0.25, 0.3) is 5.69 Å². The summed E-state index contributed by atoms with van der Waals surface area (Å²) >= 11 is 0. The van der Waals surface area contributed by atoms with Crippen LogP contribution in [-0.2, 0) is 11.2 Å². The van der Waals surface area contributed by atoms with Gasteiger partial charge in [0.1, 0.15) is 12.7 Å². The molecule has 3 aromatic rings. The van der Waals surface area contributed by atoms with Crippen LogP contribution >= 0.6 is 0 Å². The second kappa shape index (κ2) is 7.75. The standard InChI is InChI=1S/C20H22N4O/c1-16(18-9-11-19(12-10-18)24-15-21-14-22-24)23(2)20(25)13-8-17-6-4-3-5-7-17/h3-7,9-12,14-16H,8,13H2,1-2H3. The van der Waals surface area contributed by atoms with E-state index in [-0.39, 0.29) is 11.9 Å². The van der Waals surface area contributed by atoms with Gasteiger partial charge in [-0.15, -0.1) is 0 Å². The molecule has 0 saturated carbocycles. The quantitative estimate of drug-likeness (QED) is 0.694. The molecule has 5 heteroatoms. The first kappa shape index (κ1) is 16.9. The summed E-state index contributed by atoms with van der Waals surface area (Å²) in [6.07, 6.45) is 4.46. The molecule has 1 unspecified atom stereocenters. The highest BCUT2D eigenvalue weighted by atomic mass is 16.2. The fourth-order valence-corrected chi connectivity index (χ4v) is 2.76. The van der Waals surface area contributed by atoms with Gasteiger partial charge in [0.2, 0.25) is 5.91 Å². The number of aryl methyl sites for hydroxylation is 1. The third kappa shape index (κ3) is 4.12. The maximum absolute atomic E-state index is 12.5. The molecule has 3 rings (SSSR count). The molecule has 0 aliphatic rings. The van der Waals surface area contributed by atoms with Crippen molar-refractivity contribution in [2.45, 2.75) is 25.8 Å². The summed E-state index contributed by atoms with van der Waals surface area (Å²) in [5.74, 6) is 0.150. The van der Waals surface area contributed by atoms with E-state index >= 15 is 0 Å². The van der Waals surface area contributed by atoms with E-state index in [0.29, 0.717) is 6.42 Å². The highest BCUT2D eigenvalue weighted by Gasteiger charge is 2.17. The number of carbonyl (C=O) groups is 1. The summed E-state index contributed by atoms with van der Waals surface area (Å²) < 4.78 is 1.71. The zero-order valence-corrected chi connectivity index (χ0v) is 14.5. The molecule has 2 aromatic carbocycles. The maximum Gasteiger partial charge on any atom is 0.223 e. The van der Waals surface area contributed by atoms with Crippen molar-refractivity contribution in [1.29, 1.82) is 0 Å². The first-order chi connectivity index (χ1) is 12.1. The van der Waals surface area contributed by atoms with Gasteiger partial charge in [-0.25, -0.2) is 9.67 Å². The lowest BCUT2D eigenvalue weighted by atomic mass is 10.1. The second-order valence-electron chi connectivity index (χ2n) is 6.10. The average molecular weight is 334 g/mol. The topological polar surface area (TPSA) is 51.0 Å². The van der Waals surface area contributed by atoms with Crippen LogP contribution in [0.15, 0.2) is 67.3 Å². The number of hydrogen-bond donors (Lipinski definition) is 0. The predicted molar refractivity (Wildman–Crippen MR) is 97.3 cm³/mol. The summed E-state index contributed by atoms with van der Waals surface area (Å²) in [5, 5.41) is 4.12. The zero-order valence-electron chi connectivity index (χ0n) is 14.5. The molecule has 1 heterocycles. The summed E-state index contributed by atoms with van der Waals surface area (Å²) in [6.45, 7) is 2.05. The predicted octanol–water partition coefficient (Wildman–Crippen LogP) is 3.42. The molecular formula is C20H22N4O. The fraction of sp³-hybridized carbons (Fsp3) is 0.250. The molecule has 0 aliphatic heterocycles. The molecule has 0 radical (unpaired) electrons. The van der Waals surface area contributed by atoms with Gasteiger partial charge < -0.3 is 4.90 Å². The Morgan fingerprint density at radius 2 is 1.84 bits per heavy atom. The average Bonchev–Trinajstić information content (AvgIpc) is 3.20. The van der Waals surface area contributed by atoms with Gasteiger partial charge in [-0.2, -0.15) is 5.10 Å². The van der Waals surface area contributed by atoms with Gasteiger partial charge in [0.25, 0.3) is 0 Å². The molecular weight excluding hydrogens is 312 g/mol. The molecule has 0 aliphatic carbocycles. The van der Waals surface area contributed by atoms with E-state index in [9.17, 15) is 4.79 Å². The monoisotopic (exact) mass is 334 g/mol. The summed E-state index contributed by atoms with van der Waals surface area (Å²) in [6, 6.07) is 18.2. The van der Waals surface area contributed by atoms with E-state index in [1.54, 1.807) is 11.0 Å². The van der Waals surface area contributed by atoms with E-state index in [4.69, 9.17) is 0 Å². The van der Waals surface area contributed by atoms with Crippen LogP contribution in [0.3, 0.4) is 0 Å². The number of carbonyl (C=O) groups excluding carboxylic acids is 1. The molecule has 1 amide bonds. The number of rotatable bonds is 6. The highest BCUT2D eigenvalue weighted by molar-refractivity contribution is 5.76. The Morgan fingerprint density at radius 1 is 1.12 bits per heavy atom. The van der Waals surface area contributed by atoms with Gasteiger partial charge >= 0.3 is 0 Å².